The molecule has 0 radical (unpaired) electrons. The van der Waals surface area contributed by atoms with E-state index in [-0.39, 0.29) is 11.4 Å². The second-order valence-electron chi connectivity index (χ2n) is 4.61. The number of amides is 1. The molecule has 0 atom stereocenters. The fourth-order valence-electron chi connectivity index (χ4n) is 2.38. The van der Waals surface area contributed by atoms with Crippen molar-refractivity contribution >= 4 is 11.9 Å². The van der Waals surface area contributed by atoms with Gasteiger partial charge in [0.2, 0.25) is 5.88 Å². The average Bonchev–Trinajstić information content (AvgIpc) is 2.88. The summed E-state index contributed by atoms with van der Waals surface area (Å²) in [6.45, 7) is 0. The van der Waals surface area contributed by atoms with Crippen LogP contribution in [0.4, 0.5) is 0 Å². The number of methoxy groups -OCH3 is 1. The van der Waals surface area contributed by atoms with Crippen molar-refractivity contribution in [1.82, 2.24) is 10.3 Å². The van der Waals surface area contributed by atoms with Crippen molar-refractivity contribution in [1.29, 1.82) is 0 Å². The minimum absolute atomic E-state index is 0.193. The van der Waals surface area contributed by atoms with Crippen LogP contribution < -0.4 is 10.1 Å². The Balaban J connectivity index is 2.23. The maximum absolute atomic E-state index is 12.2. The lowest BCUT2D eigenvalue weighted by Gasteiger charge is -2.25. The summed E-state index contributed by atoms with van der Waals surface area (Å²) in [4.78, 5) is 27.5. The van der Waals surface area contributed by atoms with Crippen molar-refractivity contribution in [3.05, 3.63) is 23.9 Å². The minimum Gasteiger partial charge on any atom is -0.480 e. The van der Waals surface area contributed by atoms with Crippen LogP contribution in [0.5, 0.6) is 5.88 Å². The molecular formula is C13H16N2O4. The highest BCUT2D eigenvalue weighted by Crippen LogP contribution is 2.30. The van der Waals surface area contributed by atoms with Gasteiger partial charge in [-0.2, -0.15) is 0 Å². The monoisotopic (exact) mass is 264 g/mol. The number of carboxylic acids is 1. The topological polar surface area (TPSA) is 88.5 Å². The van der Waals surface area contributed by atoms with Gasteiger partial charge >= 0.3 is 5.97 Å². The summed E-state index contributed by atoms with van der Waals surface area (Å²) in [6.07, 6.45) is 4.03. The summed E-state index contributed by atoms with van der Waals surface area (Å²) in [7, 11) is 1.42. The maximum Gasteiger partial charge on any atom is 0.329 e. The van der Waals surface area contributed by atoms with Crippen molar-refractivity contribution in [2.45, 2.75) is 31.2 Å². The first-order chi connectivity index (χ1) is 9.09. The van der Waals surface area contributed by atoms with Crippen LogP contribution in [0.25, 0.3) is 0 Å². The molecule has 1 aliphatic rings. The van der Waals surface area contributed by atoms with E-state index < -0.39 is 17.4 Å². The lowest BCUT2D eigenvalue weighted by molar-refractivity contribution is -0.144. The van der Waals surface area contributed by atoms with E-state index in [0.29, 0.717) is 12.8 Å². The Morgan fingerprint density at radius 2 is 2.11 bits per heavy atom. The summed E-state index contributed by atoms with van der Waals surface area (Å²) in [5, 5.41) is 11.9. The molecule has 2 rings (SSSR count). The smallest absolute Gasteiger partial charge is 0.329 e. The van der Waals surface area contributed by atoms with Gasteiger partial charge in [0.1, 0.15) is 11.1 Å². The number of pyridine rings is 1. The zero-order chi connectivity index (χ0) is 13.9. The second kappa shape index (κ2) is 5.26. The van der Waals surface area contributed by atoms with Gasteiger partial charge < -0.3 is 15.2 Å². The summed E-state index contributed by atoms with van der Waals surface area (Å²) >= 11 is 0. The van der Waals surface area contributed by atoms with Crippen LogP contribution in [-0.2, 0) is 4.79 Å². The van der Waals surface area contributed by atoms with Gasteiger partial charge in [-0.1, -0.05) is 12.8 Å². The third kappa shape index (κ3) is 2.52. The zero-order valence-electron chi connectivity index (χ0n) is 10.7. The van der Waals surface area contributed by atoms with E-state index in [4.69, 9.17) is 4.74 Å². The lowest BCUT2D eigenvalue weighted by atomic mass is 9.97. The number of carboxylic acid groups (broad SMARTS) is 1. The number of nitrogens with zero attached hydrogens (tertiary/aromatic N) is 1. The van der Waals surface area contributed by atoms with Crippen LogP contribution in [0.1, 0.15) is 36.0 Å². The predicted octanol–water partition coefficient (Wildman–Crippen LogP) is 1.22. The number of rotatable bonds is 4. The Bertz CT molecular complexity index is 495. The molecule has 19 heavy (non-hydrogen) atoms. The van der Waals surface area contributed by atoms with Gasteiger partial charge in [-0.05, 0) is 25.0 Å². The van der Waals surface area contributed by atoms with E-state index in [1.54, 1.807) is 12.1 Å². The quantitative estimate of drug-likeness (QED) is 0.853. The number of nitrogens with one attached hydrogen (secondary N) is 1. The Labute approximate surface area is 110 Å². The van der Waals surface area contributed by atoms with E-state index in [1.165, 1.54) is 13.3 Å². The second-order valence-corrected chi connectivity index (χ2v) is 4.61. The number of carbonyl (C=O) groups is 2. The Morgan fingerprint density at radius 1 is 1.42 bits per heavy atom. The molecule has 1 aromatic rings. The van der Waals surface area contributed by atoms with Crippen LogP contribution in [-0.4, -0.2) is 34.6 Å². The fraction of sp³-hybridized carbons (Fsp3) is 0.462. The SMILES string of the molecule is COc1ncccc1C(=O)NC1(C(=O)O)CCCC1. The van der Waals surface area contributed by atoms with E-state index in [2.05, 4.69) is 10.3 Å². The van der Waals surface area contributed by atoms with Crippen LogP contribution in [0, 0.1) is 0 Å². The minimum atomic E-state index is -1.15. The maximum atomic E-state index is 12.2. The fourth-order valence-corrected chi connectivity index (χ4v) is 2.38. The molecule has 1 amide bonds. The third-order valence-electron chi connectivity index (χ3n) is 3.43. The molecule has 6 heteroatoms. The molecule has 1 saturated carbocycles. The molecule has 1 heterocycles. The molecule has 0 aliphatic heterocycles. The first kappa shape index (κ1) is 13.3. The molecule has 6 nitrogen and oxygen atoms in total. The van der Waals surface area contributed by atoms with Crippen LogP contribution >= 0.6 is 0 Å². The molecule has 0 unspecified atom stereocenters. The van der Waals surface area contributed by atoms with Crippen molar-refractivity contribution in [2.75, 3.05) is 7.11 Å². The van der Waals surface area contributed by atoms with Gasteiger partial charge in [0.05, 0.1) is 7.11 Å². The van der Waals surface area contributed by atoms with Crippen molar-refractivity contribution < 1.29 is 19.4 Å². The Hall–Kier alpha value is -2.11. The number of aromatic nitrogens is 1. The largest absolute Gasteiger partial charge is 0.480 e. The highest BCUT2D eigenvalue weighted by molar-refractivity contribution is 5.99. The number of hydrogen-bond acceptors (Lipinski definition) is 4. The Morgan fingerprint density at radius 3 is 2.68 bits per heavy atom. The van der Waals surface area contributed by atoms with E-state index in [1.807, 2.05) is 0 Å². The van der Waals surface area contributed by atoms with Gasteiger partial charge in [0.15, 0.2) is 0 Å². The molecule has 1 aromatic heterocycles. The average molecular weight is 264 g/mol. The van der Waals surface area contributed by atoms with Gasteiger partial charge in [-0.25, -0.2) is 9.78 Å². The van der Waals surface area contributed by atoms with Crippen molar-refractivity contribution in [3.8, 4) is 5.88 Å². The molecule has 102 valence electrons. The molecule has 0 aromatic carbocycles. The van der Waals surface area contributed by atoms with Gasteiger partial charge in [0, 0.05) is 6.20 Å². The number of aliphatic carboxylic acids is 1. The van der Waals surface area contributed by atoms with Crippen molar-refractivity contribution in [3.63, 3.8) is 0 Å². The Kier molecular flexibility index (Phi) is 3.69. The van der Waals surface area contributed by atoms with Crippen LogP contribution in [0.2, 0.25) is 0 Å². The zero-order valence-corrected chi connectivity index (χ0v) is 10.7. The van der Waals surface area contributed by atoms with E-state index in [0.717, 1.165) is 12.8 Å². The normalized spacial score (nSPS) is 16.9. The summed E-state index contributed by atoms with van der Waals surface area (Å²) < 4.78 is 5.00. The highest BCUT2D eigenvalue weighted by atomic mass is 16.5. The number of carbonyl (C=O) groups excluding carboxylic acids is 1. The van der Waals surface area contributed by atoms with Gasteiger partial charge in [-0.15, -0.1) is 0 Å². The molecule has 2 N–H and O–H groups in total. The van der Waals surface area contributed by atoms with Crippen LogP contribution in [0.3, 0.4) is 0 Å². The molecule has 1 fully saturated rings. The molecule has 0 spiro atoms. The van der Waals surface area contributed by atoms with Crippen molar-refractivity contribution in [2.24, 2.45) is 0 Å². The molecule has 1 aliphatic carbocycles. The summed E-state index contributed by atoms with van der Waals surface area (Å²) in [5.41, 5.74) is -0.907. The third-order valence-corrected chi connectivity index (χ3v) is 3.43. The van der Waals surface area contributed by atoms with E-state index in [9.17, 15) is 14.7 Å². The molecular weight excluding hydrogens is 248 g/mol. The lowest BCUT2D eigenvalue weighted by Crippen LogP contribution is -2.52. The summed E-state index contributed by atoms with van der Waals surface area (Å²) in [6, 6.07) is 3.17. The molecule has 0 bridgehead atoms. The number of ether oxygens (including phenoxy) is 1. The standard InChI is InChI=1S/C13H16N2O4/c1-19-11-9(5-4-8-14-11)10(16)15-13(12(17)18)6-2-3-7-13/h4-5,8H,2-3,6-7H2,1H3,(H,15,16)(H,17,18). The molecule has 0 saturated heterocycles. The van der Waals surface area contributed by atoms with Gasteiger partial charge in [-0.3, -0.25) is 4.79 Å². The number of hydrogen-bond donors (Lipinski definition) is 2. The first-order valence-electron chi connectivity index (χ1n) is 6.14. The summed E-state index contributed by atoms with van der Waals surface area (Å²) in [5.74, 6) is -1.26. The predicted molar refractivity (Wildman–Crippen MR) is 67.1 cm³/mol. The first-order valence-corrected chi connectivity index (χ1v) is 6.14. The van der Waals surface area contributed by atoms with E-state index >= 15 is 0 Å². The highest BCUT2D eigenvalue weighted by Gasteiger charge is 2.43. The van der Waals surface area contributed by atoms with Crippen LogP contribution in [0.15, 0.2) is 18.3 Å². The van der Waals surface area contributed by atoms with Gasteiger partial charge in [0.25, 0.3) is 5.91 Å².